The highest BCUT2D eigenvalue weighted by Crippen LogP contribution is 2.51. The van der Waals surface area contributed by atoms with Gasteiger partial charge < -0.3 is 15.2 Å². The van der Waals surface area contributed by atoms with Crippen LogP contribution in [-0.4, -0.2) is 25.0 Å². The van der Waals surface area contributed by atoms with Crippen molar-refractivity contribution in [3.63, 3.8) is 0 Å². The predicted octanol–water partition coefficient (Wildman–Crippen LogP) is 3.71. The molecule has 2 aromatic rings. The third-order valence-corrected chi connectivity index (χ3v) is 5.00. The van der Waals surface area contributed by atoms with E-state index in [1.165, 1.54) is 12.1 Å². The minimum absolute atomic E-state index is 0.118. The van der Waals surface area contributed by atoms with Crippen molar-refractivity contribution < 1.29 is 23.0 Å². The van der Waals surface area contributed by atoms with Gasteiger partial charge in [0.05, 0.1) is 12.0 Å². The quantitative estimate of drug-likeness (QED) is 0.681. The molecule has 1 amide bonds. The largest absolute Gasteiger partial charge is 0.472 e. The zero-order valence-electron chi connectivity index (χ0n) is 14.6. The molecule has 0 spiro atoms. The SMILES string of the molecule is N#CCOCC(F)(F)[C]1C[C@@](C(N)=O)(c2ccccc2)Oc2ccc(Br)cc21. The lowest BCUT2D eigenvalue weighted by atomic mass is 9.75. The Labute approximate surface area is 169 Å². The Kier molecular flexibility index (Phi) is 5.68. The summed E-state index contributed by atoms with van der Waals surface area (Å²) in [5, 5.41) is 8.56. The zero-order valence-corrected chi connectivity index (χ0v) is 16.2. The van der Waals surface area contributed by atoms with Gasteiger partial charge in [0.1, 0.15) is 19.0 Å². The predicted molar refractivity (Wildman–Crippen MR) is 100 cm³/mol. The smallest absolute Gasteiger partial charge is 0.281 e. The fourth-order valence-corrected chi connectivity index (χ4v) is 3.54. The van der Waals surface area contributed by atoms with E-state index in [0.29, 0.717) is 10.0 Å². The molecule has 0 bridgehead atoms. The van der Waals surface area contributed by atoms with Crippen LogP contribution >= 0.6 is 15.9 Å². The van der Waals surface area contributed by atoms with Crippen LogP contribution in [0.1, 0.15) is 17.5 Å². The number of hydrogen-bond donors (Lipinski definition) is 1. The van der Waals surface area contributed by atoms with Crippen molar-refractivity contribution in [2.24, 2.45) is 5.73 Å². The summed E-state index contributed by atoms with van der Waals surface area (Å²) >= 11 is 3.27. The van der Waals surface area contributed by atoms with Crippen molar-refractivity contribution in [1.29, 1.82) is 5.26 Å². The first-order valence-electron chi connectivity index (χ1n) is 8.33. The molecule has 2 N–H and O–H groups in total. The van der Waals surface area contributed by atoms with Gasteiger partial charge in [-0.1, -0.05) is 46.3 Å². The van der Waals surface area contributed by atoms with E-state index in [2.05, 4.69) is 15.9 Å². The van der Waals surface area contributed by atoms with Crippen LogP contribution in [0.3, 0.4) is 0 Å². The Balaban J connectivity index is 2.12. The molecule has 1 aliphatic heterocycles. The fraction of sp³-hybridized carbons (Fsp3) is 0.250. The molecule has 0 fully saturated rings. The molecular formula is C20H16BrF2N2O3. The summed E-state index contributed by atoms with van der Waals surface area (Å²) in [6, 6.07) is 14.6. The van der Waals surface area contributed by atoms with Crippen molar-refractivity contribution in [2.45, 2.75) is 17.9 Å². The topological polar surface area (TPSA) is 85.3 Å². The number of primary amides is 1. The molecule has 0 unspecified atom stereocenters. The van der Waals surface area contributed by atoms with Gasteiger partial charge in [-0.05, 0) is 18.2 Å². The first-order valence-corrected chi connectivity index (χ1v) is 9.12. The fourth-order valence-electron chi connectivity index (χ4n) is 3.18. The van der Waals surface area contributed by atoms with Crippen molar-refractivity contribution in [1.82, 2.24) is 0 Å². The number of halogens is 3. The minimum Gasteiger partial charge on any atom is -0.472 e. The molecule has 28 heavy (non-hydrogen) atoms. The number of rotatable bonds is 6. The average Bonchev–Trinajstić information content (AvgIpc) is 2.67. The summed E-state index contributed by atoms with van der Waals surface area (Å²) in [6.45, 7) is -1.46. The maximum atomic E-state index is 15.1. The van der Waals surface area contributed by atoms with Gasteiger partial charge in [0.2, 0.25) is 5.60 Å². The van der Waals surface area contributed by atoms with Crippen LogP contribution in [0.15, 0.2) is 53.0 Å². The summed E-state index contributed by atoms with van der Waals surface area (Å²) in [7, 11) is 0. The molecule has 1 aliphatic rings. The maximum absolute atomic E-state index is 15.1. The second-order valence-electron chi connectivity index (χ2n) is 6.31. The van der Waals surface area contributed by atoms with Gasteiger partial charge >= 0.3 is 0 Å². The highest BCUT2D eigenvalue weighted by Gasteiger charge is 2.55. The van der Waals surface area contributed by atoms with Crippen LogP contribution in [0, 0.1) is 17.2 Å². The number of alkyl halides is 2. The van der Waals surface area contributed by atoms with E-state index in [1.54, 1.807) is 42.5 Å². The summed E-state index contributed by atoms with van der Waals surface area (Å²) in [4.78, 5) is 12.4. The van der Waals surface area contributed by atoms with Gasteiger partial charge in [-0.25, -0.2) is 8.78 Å². The number of nitriles is 1. The molecule has 1 atom stereocenters. The molecule has 0 aliphatic carbocycles. The van der Waals surface area contributed by atoms with E-state index >= 15 is 8.78 Å². The van der Waals surface area contributed by atoms with Crippen LogP contribution in [0.25, 0.3) is 0 Å². The number of hydrogen-bond acceptors (Lipinski definition) is 4. The minimum atomic E-state index is -3.44. The number of fused-ring (bicyclic) bond motifs is 1. The highest BCUT2D eigenvalue weighted by atomic mass is 79.9. The van der Waals surface area contributed by atoms with Crippen LogP contribution in [0.4, 0.5) is 8.78 Å². The number of carbonyl (C=O) groups is 1. The molecular weight excluding hydrogens is 434 g/mol. The standard InChI is InChI=1S/C20H16BrF2N2O3/c21-14-6-7-17-15(10-14)16(20(22,23)12-27-9-8-24)11-19(28-17,18(25)26)13-4-2-1-3-5-13/h1-7,10H,9,11-12H2,(H2,25,26)/t19-/m0/s1. The van der Waals surface area contributed by atoms with Crippen LogP contribution < -0.4 is 10.5 Å². The molecule has 0 saturated heterocycles. The van der Waals surface area contributed by atoms with Gasteiger partial charge in [-0.2, -0.15) is 5.26 Å². The molecule has 145 valence electrons. The third-order valence-electron chi connectivity index (χ3n) is 4.51. The summed E-state index contributed by atoms with van der Waals surface area (Å²) in [6.07, 6.45) is -0.446. The molecule has 3 rings (SSSR count). The van der Waals surface area contributed by atoms with Gasteiger partial charge in [0, 0.05) is 22.0 Å². The Morgan fingerprint density at radius 3 is 2.68 bits per heavy atom. The van der Waals surface area contributed by atoms with Crippen molar-refractivity contribution in [3.05, 3.63) is 70.0 Å². The molecule has 0 saturated carbocycles. The first-order chi connectivity index (χ1) is 13.3. The molecule has 8 heteroatoms. The third kappa shape index (κ3) is 3.73. The van der Waals surface area contributed by atoms with Crippen molar-refractivity contribution >= 4 is 21.8 Å². The number of amides is 1. The number of nitrogens with zero attached hydrogens (tertiary/aromatic N) is 1. The highest BCUT2D eigenvalue weighted by molar-refractivity contribution is 9.10. The number of benzene rings is 2. The lowest BCUT2D eigenvalue weighted by molar-refractivity contribution is -0.138. The summed E-state index contributed by atoms with van der Waals surface area (Å²) in [5.41, 5.74) is 4.40. The van der Waals surface area contributed by atoms with E-state index in [4.69, 9.17) is 20.5 Å². The molecule has 1 radical (unpaired) electrons. The number of ether oxygens (including phenoxy) is 2. The lowest BCUT2D eigenvalue weighted by Crippen LogP contribution is -2.52. The summed E-state index contributed by atoms with van der Waals surface area (Å²) < 4.78 is 41.4. The van der Waals surface area contributed by atoms with E-state index in [1.807, 2.05) is 0 Å². The Morgan fingerprint density at radius 1 is 1.32 bits per heavy atom. The van der Waals surface area contributed by atoms with E-state index in [-0.39, 0.29) is 17.2 Å². The zero-order chi connectivity index (χ0) is 20.4. The van der Waals surface area contributed by atoms with Crippen molar-refractivity contribution in [3.8, 4) is 11.8 Å². The first kappa shape index (κ1) is 20.2. The maximum Gasteiger partial charge on any atom is 0.281 e. The summed E-state index contributed by atoms with van der Waals surface area (Å²) in [5.74, 6) is -4.53. The number of nitrogens with two attached hydrogens (primary N) is 1. The average molecular weight is 450 g/mol. The second kappa shape index (κ2) is 7.86. The molecule has 5 nitrogen and oxygen atoms in total. The Morgan fingerprint density at radius 2 is 2.04 bits per heavy atom. The lowest BCUT2D eigenvalue weighted by Gasteiger charge is -2.42. The normalized spacial score (nSPS) is 19.4. The van der Waals surface area contributed by atoms with E-state index in [9.17, 15) is 4.79 Å². The van der Waals surface area contributed by atoms with Crippen LogP contribution in [-0.2, 0) is 15.1 Å². The van der Waals surface area contributed by atoms with E-state index < -0.39 is 37.1 Å². The van der Waals surface area contributed by atoms with Crippen molar-refractivity contribution in [2.75, 3.05) is 13.2 Å². The second-order valence-corrected chi connectivity index (χ2v) is 7.23. The number of carbonyl (C=O) groups excluding carboxylic acids is 1. The monoisotopic (exact) mass is 449 g/mol. The van der Waals surface area contributed by atoms with Gasteiger partial charge in [0.25, 0.3) is 11.8 Å². The van der Waals surface area contributed by atoms with E-state index in [0.717, 1.165) is 0 Å². The Hall–Kier alpha value is -2.50. The molecule has 2 aromatic carbocycles. The molecule has 1 heterocycles. The van der Waals surface area contributed by atoms with Gasteiger partial charge in [-0.3, -0.25) is 4.79 Å². The van der Waals surface area contributed by atoms with Crippen LogP contribution in [0.5, 0.6) is 5.75 Å². The Bertz CT molecular complexity index is 917. The van der Waals surface area contributed by atoms with Crippen LogP contribution in [0.2, 0.25) is 0 Å². The van der Waals surface area contributed by atoms with Gasteiger partial charge in [0.15, 0.2) is 0 Å². The van der Waals surface area contributed by atoms with Gasteiger partial charge in [-0.15, -0.1) is 0 Å². The molecule has 0 aromatic heterocycles.